The molecule has 1 rings (SSSR count). The molecule has 1 atom stereocenters. The van der Waals surface area contributed by atoms with Crippen molar-refractivity contribution in [2.75, 3.05) is 20.2 Å². The lowest BCUT2D eigenvalue weighted by atomic mass is 10.2. The summed E-state index contributed by atoms with van der Waals surface area (Å²) in [6, 6.07) is 0. The molecular formula is C11H17BrN2O2S. The van der Waals surface area contributed by atoms with Gasteiger partial charge in [-0.25, -0.2) is 0 Å². The van der Waals surface area contributed by atoms with E-state index in [0.717, 1.165) is 9.35 Å². The number of nitrogens with one attached hydrogen (secondary N) is 1. The van der Waals surface area contributed by atoms with E-state index in [1.165, 1.54) is 11.3 Å². The number of ether oxygens (including phenoxy) is 1. The fourth-order valence-electron chi connectivity index (χ4n) is 1.27. The molecule has 1 aromatic heterocycles. The second-order valence-electron chi connectivity index (χ2n) is 3.89. The highest BCUT2D eigenvalue weighted by atomic mass is 79.9. The molecule has 0 aliphatic carbocycles. The number of aryl methyl sites for hydroxylation is 1. The number of hydrogen-bond acceptors (Lipinski definition) is 4. The Morgan fingerprint density at radius 3 is 2.82 bits per heavy atom. The summed E-state index contributed by atoms with van der Waals surface area (Å²) in [4.78, 5) is 13.6. The summed E-state index contributed by atoms with van der Waals surface area (Å²) in [6.07, 6.45) is 0. The Labute approximate surface area is 114 Å². The molecule has 96 valence electrons. The fraction of sp³-hybridized carbons (Fsp3) is 0.545. The van der Waals surface area contributed by atoms with Gasteiger partial charge in [0.25, 0.3) is 5.91 Å². The van der Waals surface area contributed by atoms with Crippen molar-refractivity contribution in [3.8, 4) is 5.75 Å². The van der Waals surface area contributed by atoms with Gasteiger partial charge in [-0.05, 0) is 35.3 Å². The van der Waals surface area contributed by atoms with E-state index >= 15 is 0 Å². The number of carbonyl (C=O) groups is 1. The SMILES string of the molecule is COc1c(C(=O)NCC(C)CN)sc(C)c1Br. The summed E-state index contributed by atoms with van der Waals surface area (Å²) in [7, 11) is 1.56. The molecule has 0 saturated heterocycles. The minimum Gasteiger partial charge on any atom is -0.494 e. The van der Waals surface area contributed by atoms with Crippen LogP contribution in [0.15, 0.2) is 4.47 Å². The van der Waals surface area contributed by atoms with E-state index in [2.05, 4.69) is 21.2 Å². The Bertz CT molecular complexity index is 406. The minimum absolute atomic E-state index is 0.110. The van der Waals surface area contributed by atoms with Crippen LogP contribution in [0.25, 0.3) is 0 Å². The van der Waals surface area contributed by atoms with Crippen molar-refractivity contribution in [1.82, 2.24) is 5.32 Å². The highest BCUT2D eigenvalue weighted by Crippen LogP contribution is 2.38. The summed E-state index contributed by atoms with van der Waals surface area (Å²) in [5.74, 6) is 0.765. The van der Waals surface area contributed by atoms with Crippen molar-refractivity contribution in [3.63, 3.8) is 0 Å². The Kier molecular flexibility index (Phi) is 5.42. The first-order valence-corrected chi connectivity index (χ1v) is 6.93. The van der Waals surface area contributed by atoms with Gasteiger partial charge in [0.05, 0.1) is 11.6 Å². The lowest BCUT2D eigenvalue weighted by molar-refractivity contribution is 0.0950. The summed E-state index contributed by atoms with van der Waals surface area (Å²) >= 11 is 4.83. The van der Waals surface area contributed by atoms with Crippen LogP contribution in [0, 0.1) is 12.8 Å². The van der Waals surface area contributed by atoms with Crippen LogP contribution in [-0.2, 0) is 0 Å². The van der Waals surface area contributed by atoms with Crippen molar-refractivity contribution in [1.29, 1.82) is 0 Å². The molecule has 0 aliphatic heterocycles. The zero-order valence-electron chi connectivity index (χ0n) is 10.2. The normalized spacial score (nSPS) is 12.3. The Hall–Kier alpha value is -0.590. The van der Waals surface area contributed by atoms with Crippen LogP contribution in [0.2, 0.25) is 0 Å². The number of methoxy groups -OCH3 is 1. The molecule has 1 aromatic rings. The van der Waals surface area contributed by atoms with E-state index in [1.807, 2.05) is 13.8 Å². The molecule has 1 unspecified atom stereocenters. The first-order chi connectivity index (χ1) is 8.01. The number of amides is 1. The zero-order valence-corrected chi connectivity index (χ0v) is 12.6. The van der Waals surface area contributed by atoms with Crippen molar-refractivity contribution in [2.45, 2.75) is 13.8 Å². The van der Waals surface area contributed by atoms with Crippen molar-refractivity contribution < 1.29 is 9.53 Å². The van der Waals surface area contributed by atoms with Crippen LogP contribution in [0.5, 0.6) is 5.75 Å². The maximum atomic E-state index is 12.0. The molecule has 0 aromatic carbocycles. The lowest BCUT2D eigenvalue weighted by Gasteiger charge is -2.10. The van der Waals surface area contributed by atoms with E-state index < -0.39 is 0 Å². The smallest absolute Gasteiger partial charge is 0.265 e. The second kappa shape index (κ2) is 6.37. The average molecular weight is 321 g/mol. The van der Waals surface area contributed by atoms with Crippen LogP contribution in [0.3, 0.4) is 0 Å². The lowest BCUT2D eigenvalue weighted by Crippen LogP contribution is -2.30. The zero-order chi connectivity index (χ0) is 13.0. The highest BCUT2D eigenvalue weighted by Gasteiger charge is 2.20. The molecule has 3 N–H and O–H groups in total. The third-order valence-corrected chi connectivity index (χ3v) is 4.70. The van der Waals surface area contributed by atoms with Crippen LogP contribution < -0.4 is 15.8 Å². The topological polar surface area (TPSA) is 64.3 Å². The van der Waals surface area contributed by atoms with Crippen LogP contribution >= 0.6 is 27.3 Å². The first kappa shape index (κ1) is 14.5. The van der Waals surface area contributed by atoms with E-state index in [9.17, 15) is 4.79 Å². The van der Waals surface area contributed by atoms with E-state index in [4.69, 9.17) is 10.5 Å². The number of thiophene rings is 1. The molecule has 0 saturated carbocycles. The molecule has 1 heterocycles. The average Bonchev–Trinajstić information content (AvgIpc) is 2.62. The fourth-order valence-corrected chi connectivity index (χ4v) is 2.93. The van der Waals surface area contributed by atoms with Gasteiger partial charge in [-0.15, -0.1) is 11.3 Å². The molecule has 0 aliphatic rings. The third-order valence-electron chi connectivity index (χ3n) is 2.39. The Morgan fingerprint density at radius 2 is 2.29 bits per heavy atom. The van der Waals surface area contributed by atoms with Gasteiger partial charge in [-0.3, -0.25) is 4.79 Å². The van der Waals surface area contributed by atoms with Gasteiger partial charge in [0, 0.05) is 11.4 Å². The number of rotatable bonds is 5. The molecule has 1 amide bonds. The standard InChI is InChI=1S/C11H17BrN2O2S/c1-6(4-13)5-14-11(15)10-9(16-3)8(12)7(2)17-10/h6H,4-5,13H2,1-3H3,(H,14,15). The van der Waals surface area contributed by atoms with Crippen LogP contribution in [0.4, 0.5) is 0 Å². The van der Waals surface area contributed by atoms with Crippen LogP contribution in [-0.4, -0.2) is 26.1 Å². The number of nitrogens with two attached hydrogens (primary N) is 1. The maximum absolute atomic E-state index is 12.0. The summed E-state index contributed by atoms with van der Waals surface area (Å²) in [6.45, 7) is 5.07. The van der Waals surface area contributed by atoms with Crippen LogP contribution in [0.1, 0.15) is 21.5 Å². The number of halogens is 1. The number of carbonyl (C=O) groups excluding carboxylic acids is 1. The van der Waals surface area contributed by atoms with Crippen molar-refractivity contribution in [3.05, 3.63) is 14.2 Å². The summed E-state index contributed by atoms with van der Waals surface area (Å²) < 4.78 is 6.08. The highest BCUT2D eigenvalue weighted by molar-refractivity contribution is 9.10. The minimum atomic E-state index is -0.110. The third kappa shape index (κ3) is 3.43. The predicted octanol–water partition coefficient (Wildman–Crippen LogP) is 2.15. The van der Waals surface area contributed by atoms with Gasteiger partial charge < -0.3 is 15.8 Å². The Morgan fingerprint density at radius 1 is 1.65 bits per heavy atom. The molecule has 6 heteroatoms. The number of hydrogen-bond donors (Lipinski definition) is 2. The molecule has 0 fully saturated rings. The molecule has 0 spiro atoms. The predicted molar refractivity (Wildman–Crippen MR) is 73.9 cm³/mol. The van der Waals surface area contributed by atoms with E-state index in [1.54, 1.807) is 7.11 Å². The van der Waals surface area contributed by atoms with Gasteiger partial charge in [-0.1, -0.05) is 6.92 Å². The maximum Gasteiger partial charge on any atom is 0.265 e. The molecule has 17 heavy (non-hydrogen) atoms. The van der Waals surface area contributed by atoms with Gasteiger partial charge in [0.1, 0.15) is 4.88 Å². The summed E-state index contributed by atoms with van der Waals surface area (Å²) in [5.41, 5.74) is 5.50. The largest absolute Gasteiger partial charge is 0.494 e. The first-order valence-electron chi connectivity index (χ1n) is 5.32. The van der Waals surface area contributed by atoms with E-state index in [-0.39, 0.29) is 11.8 Å². The molecular weight excluding hydrogens is 304 g/mol. The van der Waals surface area contributed by atoms with Gasteiger partial charge >= 0.3 is 0 Å². The Balaban J connectivity index is 2.78. The monoisotopic (exact) mass is 320 g/mol. The van der Waals surface area contributed by atoms with Gasteiger partial charge in [0.2, 0.25) is 0 Å². The molecule has 0 bridgehead atoms. The van der Waals surface area contributed by atoms with Crippen molar-refractivity contribution in [2.24, 2.45) is 11.7 Å². The summed E-state index contributed by atoms with van der Waals surface area (Å²) in [5, 5.41) is 2.86. The van der Waals surface area contributed by atoms with E-state index in [0.29, 0.717) is 23.7 Å². The molecule has 4 nitrogen and oxygen atoms in total. The quantitative estimate of drug-likeness (QED) is 0.873. The molecule has 0 radical (unpaired) electrons. The van der Waals surface area contributed by atoms with Gasteiger partial charge in [-0.2, -0.15) is 0 Å². The van der Waals surface area contributed by atoms with Gasteiger partial charge in [0.15, 0.2) is 5.75 Å². The second-order valence-corrected chi connectivity index (χ2v) is 5.90. The van der Waals surface area contributed by atoms with Crippen molar-refractivity contribution >= 4 is 33.2 Å².